The first-order valence-corrected chi connectivity index (χ1v) is 4.89. The van der Waals surface area contributed by atoms with Crippen molar-refractivity contribution in [2.24, 2.45) is 0 Å². The molecule has 74 valence electrons. The van der Waals surface area contributed by atoms with Gasteiger partial charge in [0.15, 0.2) is 0 Å². The van der Waals surface area contributed by atoms with Crippen molar-refractivity contribution in [1.82, 2.24) is 20.5 Å². The van der Waals surface area contributed by atoms with Crippen LogP contribution in [0.25, 0.3) is 0 Å². The van der Waals surface area contributed by atoms with Crippen LogP contribution in [-0.4, -0.2) is 21.2 Å². The lowest BCUT2D eigenvalue weighted by Gasteiger charge is -2.08. The maximum absolute atomic E-state index is 4.31. The Kier molecular flexibility index (Phi) is 3.89. The lowest BCUT2D eigenvalue weighted by atomic mass is 10.2. The number of hydrogen-bond acceptors (Lipinski definition) is 3. The van der Waals surface area contributed by atoms with E-state index in [9.17, 15) is 0 Å². The maximum atomic E-state index is 4.31. The predicted molar refractivity (Wildman–Crippen MR) is 52.4 cm³/mol. The molecule has 13 heavy (non-hydrogen) atoms. The van der Waals surface area contributed by atoms with Gasteiger partial charge in [-0.2, -0.15) is 5.10 Å². The Morgan fingerprint density at radius 3 is 2.77 bits per heavy atom. The third-order valence-electron chi connectivity index (χ3n) is 2.12. The van der Waals surface area contributed by atoms with Gasteiger partial charge in [-0.1, -0.05) is 13.8 Å². The van der Waals surface area contributed by atoms with Crippen LogP contribution in [0.1, 0.15) is 38.8 Å². The van der Waals surface area contributed by atoms with Crippen LogP contribution in [0.15, 0.2) is 0 Å². The largest absolute Gasteiger partial charge is 0.307 e. The first-order valence-electron chi connectivity index (χ1n) is 4.89. The van der Waals surface area contributed by atoms with Crippen molar-refractivity contribution in [2.75, 3.05) is 0 Å². The van der Waals surface area contributed by atoms with E-state index in [0.29, 0.717) is 6.04 Å². The molecular weight excluding hydrogens is 164 g/mol. The highest BCUT2D eigenvalue weighted by Gasteiger charge is 2.02. The molecule has 0 amide bonds. The molecule has 4 heteroatoms. The van der Waals surface area contributed by atoms with Gasteiger partial charge < -0.3 is 5.32 Å². The molecule has 0 saturated heterocycles. The summed E-state index contributed by atoms with van der Waals surface area (Å²) in [7, 11) is 0. The lowest BCUT2D eigenvalue weighted by molar-refractivity contribution is 0.523. The zero-order valence-electron chi connectivity index (χ0n) is 8.59. The number of aryl methyl sites for hydroxylation is 1. The summed E-state index contributed by atoms with van der Waals surface area (Å²) >= 11 is 0. The zero-order valence-corrected chi connectivity index (χ0v) is 8.59. The Morgan fingerprint density at radius 2 is 2.23 bits per heavy atom. The third kappa shape index (κ3) is 3.14. The van der Waals surface area contributed by atoms with Gasteiger partial charge in [0.25, 0.3) is 0 Å². The van der Waals surface area contributed by atoms with Gasteiger partial charge in [0.05, 0.1) is 6.54 Å². The first-order chi connectivity index (χ1) is 6.26. The summed E-state index contributed by atoms with van der Waals surface area (Å²) in [5.74, 6) is 1.82. The summed E-state index contributed by atoms with van der Waals surface area (Å²) in [5.41, 5.74) is 0. The Morgan fingerprint density at radius 1 is 1.46 bits per heavy atom. The van der Waals surface area contributed by atoms with Crippen LogP contribution in [0.4, 0.5) is 0 Å². The molecule has 1 unspecified atom stereocenters. The molecule has 1 heterocycles. The van der Waals surface area contributed by atoms with Crippen LogP contribution >= 0.6 is 0 Å². The number of nitrogens with zero attached hydrogens (tertiary/aromatic N) is 2. The standard InChI is InChI=1S/C9H18N4/c1-4-7(3)10-6-9-11-8(5-2)12-13-9/h7,10H,4-6H2,1-3H3,(H,11,12,13). The topological polar surface area (TPSA) is 53.6 Å². The number of rotatable bonds is 5. The number of aromatic amines is 1. The third-order valence-corrected chi connectivity index (χ3v) is 2.12. The van der Waals surface area contributed by atoms with E-state index in [4.69, 9.17) is 0 Å². The average Bonchev–Trinajstić information content (AvgIpc) is 2.61. The normalized spacial score (nSPS) is 13.2. The number of nitrogens with one attached hydrogen (secondary N) is 2. The van der Waals surface area contributed by atoms with E-state index in [2.05, 4.69) is 41.3 Å². The summed E-state index contributed by atoms with van der Waals surface area (Å²) in [6, 6.07) is 0.537. The van der Waals surface area contributed by atoms with E-state index in [0.717, 1.165) is 31.0 Å². The molecule has 0 radical (unpaired) electrons. The molecule has 0 aliphatic heterocycles. The molecule has 0 aromatic carbocycles. The van der Waals surface area contributed by atoms with Gasteiger partial charge in [-0.3, -0.25) is 5.10 Å². The first kappa shape index (κ1) is 10.2. The Bertz CT molecular complexity index is 244. The number of aromatic nitrogens is 3. The second kappa shape index (κ2) is 4.97. The second-order valence-electron chi connectivity index (χ2n) is 3.24. The van der Waals surface area contributed by atoms with Crippen LogP contribution in [0.5, 0.6) is 0 Å². The minimum atomic E-state index is 0.537. The van der Waals surface area contributed by atoms with Crippen molar-refractivity contribution in [1.29, 1.82) is 0 Å². The molecule has 0 aliphatic carbocycles. The van der Waals surface area contributed by atoms with E-state index in [1.165, 1.54) is 0 Å². The number of hydrogen-bond donors (Lipinski definition) is 2. The molecule has 0 bridgehead atoms. The lowest BCUT2D eigenvalue weighted by Crippen LogP contribution is -2.24. The molecule has 2 N–H and O–H groups in total. The van der Waals surface area contributed by atoms with Gasteiger partial charge >= 0.3 is 0 Å². The van der Waals surface area contributed by atoms with Gasteiger partial charge in [0, 0.05) is 12.5 Å². The fraction of sp³-hybridized carbons (Fsp3) is 0.778. The molecule has 4 nitrogen and oxygen atoms in total. The molecule has 1 rings (SSSR count). The van der Waals surface area contributed by atoms with E-state index in [-0.39, 0.29) is 0 Å². The van der Waals surface area contributed by atoms with Gasteiger partial charge in [0.2, 0.25) is 0 Å². The van der Waals surface area contributed by atoms with E-state index < -0.39 is 0 Å². The summed E-state index contributed by atoms with van der Waals surface area (Å²) in [6.07, 6.45) is 2.02. The highest BCUT2D eigenvalue weighted by atomic mass is 15.2. The van der Waals surface area contributed by atoms with Crippen LogP contribution < -0.4 is 5.32 Å². The molecule has 0 spiro atoms. The monoisotopic (exact) mass is 182 g/mol. The fourth-order valence-corrected chi connectivity index (χ4v) is 0.987. The predicted octanol–water partition coefficient (Wildman–Crippen LogP) is 1.26. The Balaban J connectivity index is 2.36. The summed E-state index contributed by atoms with van der Waals surface area (Å²) in [4.78, 5) is 4.31. The van der Waals surface area contributed by atoms with Crippen molar-refractivity contribution in [3.05, 3.63) is 11.6 Å². The van der Waals surface area contributed by atoms with E-state index >= 15 is 0 Å². The van der Waals surface area contributed by atoms with Gasteiger partial charge in [-0.25, -0.2) is 4.98 Å². The molecule has 1 aromatic heterocycles. The SMILES string of the molecule is CCc1n[nH]c(CNC(C)CC)n1. The fourth-order valence-electron chi connectivity index (χ4n) is 0.987. The highest BCUT2D eigenvalue weighted by molar-refractivity contribution is 4.89. The van der Waals surface area contributed by atoms with E-state index in [1.807, 2.05) is 0 Å². The van der Waals surface area contributed by atoms with Crippen LogP contribution in [0.3, 0.4) is 0 Å². The average molecular weight is 182 g/mol. The zero-order chi connectivity index (χ0) is 9.68. The van der Waals surface area contributed by atoms with Gasteiger partial charge in [-0.05, 0) is 13.3 Å². The minimum Gasteiger partial charge on any atom is -0.307 e. The molecule has 0 aliphatic rings. The number of H-pyrrole nitrogens is 1. The molecule has 0 fully saturated rings. The molecule has 1 atom stereocenters. The van der Waals surface area contributed by atoms with Crippen molar-refractivity contribution in [2.45, 2.75) is 46.2 Å². The molecule has 0 saturated carbocycles. The smallest absolute Gasteiger partial charge is 0.150 e. The van der Waals surface area contributed by atoms with Crippen molar-refractivity contribution in [3.63, 3.8) is 0 Å². The second-order valence-corrected chi connectivity index (χ2v) is 3.24. The van der Waals surface area contributed by atoms with Crippen molar-refractivity contribution < 1.29 is 0 Å². The minimum absolute atomic E-state index is 0.537. The Hall–Kier alpha value is -0.900. The summed E-state index contributed by atoms with van der Waals surface area (Å²) in [5, 5.41) is 10.3. The van der Waals surface area contributed by atoms with Crippen LogP contribution in [0, 0.1) is 0 Å². The summed E-state index contributed by atoms with van der Waals surface area (Å²) < 4.78 is 0. The Labute approximate surface area is 79.2 Å². The van der Waals surface area contributed by atoms with Crippen molar-refractivity contribution in [3.8, 4) is 0 Å². The maximum Gasteiger partial charge on any atom is 0.150 e. The van der Waals surface area contributed by atoms with Gasteiger partial charge in [-0.15, -0.1) is 0 Å². The summed E-state index contributed by atoms with van der Waals surface area (Å²) in [6.45, 7) is 7.16. The van der Waals surface area contributed by atoms with Crippen LogP contribution in [0.2, 0.25) is 0 Å². The van der Waals surface area contributed by atoms with Gasteiger partial charge in [0.1, 0.15) is 11.6 Å². The van der Waals surface area contributed by atoms with Crippen molar-refractivity contribution >= 4 is 0 Å². The molecule has 1 aromatic rings. The molecular formula is C9H18N4. The quantitative estimate of drug-likeness (QED) is 0.720. The van der Waals surface area contributed by atoms with Crippen LogP contribution in [-0.2, 0) is 13.0 Å². The van der Waals surface area contributed by atoms with E-state index in [1.54, 1.807) is 0 Å². The highest BCUT2D eigenvalue weighted by Crippen LogP contribution is 1.95.